The highest BCUT2D eigenvalue weighted by Crippen LogP contribution is 2.42. The summed E-state index contributed by atoms with van der Waals surface area (Å²) in [5.41, 5.74) is 4.47. The Kier molecular flexibility index (Phi) is 16.3. The third-order valence-corrected chi connectivity index (χ3v) is 15.9. The molecule has 4 heterocycles. The summed E-state index contributed by atoms with van der Waals surface area (Å²) in [6.07, 6.45) is 6.96. The largest absolute Gasteiger partial charge is 0.444 e. The van der Waals surface area contributed by atoms with Crippen LogP contribution in [0.1, 0.15) is 92.0 Å². The lowest BCUT2D eigenvalue weighted by Crippen LogP contribution is -2.43. The average molecular weight is 905 g/mol. The van der Waals surface area contributed by atoms with Crippen LogP contribution in [0.15, 0.2) is 97.1 Å². The molecule has 0 aromatic heterocycles. The number of nitrogens with one attached hydrogen (secondary N) is 1. The van der Waals surface area contributed by atoms with E-state index >= 15 is 0 Å². The predicted octanol–water partition coefficient (Wildman–Crippen LogP) is 11.4. The van der Waals surface area contributed by atoms with Crippen molar-refractivity contribution in [1.82, 2.24) is 20.0 Å². The summed E-state index contributed by atoms with van der Waals surface area (Å²) in [5.74, 6) is 0.971. The van der Waals surface area contributed by atoms with Crippen molar-refractivity contribution in [3.8, 4) is 0 Å². The lowest BCUT2D eigenvalue weighted by molar-refractivity contribution is 0.0248. The molecule has 1 amide bonds. The zero-order chi connectivity index (χ0) is 44.5. The number of benzene rings is 4. The van der Waals surface area contributed by atoms with E-state index in [4.69, 9.17) is 4.74 Å². The van der Waals surface area contributed by atoms with Crippen LogP contribution in [0.4, 0.5) is 22.4 Å². The Morgan fingerprint density at radius 1 is 0.587 bits per heavy atom. The number of likely N-dealkylation sites (tertiary alicyclic amines) is 3. The molecule has 4 aliphatic rings. The number of halogens is 4. The summed E-state index contributed by atoms with van der Waals surface area (Å²) in [6, 6.07) is 26.6. The van der Waals surface area contributed by atoms with Gasteiger partial charge in [0.1, 0.15) is 28.9 Å². The van der Waals surface area contributed by atoms with Crippen LogP contribution in [0, 0.1) is 34.1 Å². The number of carbonyl (C=O) groups is 1. The lowest BCUT2D eigenvalue weighted by Gasteiger charge is -2.39. The molecule has 0 bridgehead atoms. The predicted molar refractivity (Wildman–Crippen MR) is 250 cm³/mol. The van der Waals surface area contributed by atoms with Crippen LogP contribution in [-0.2, 0) is 4.74 Å². The number of ether oxygens (including phenoxy) is 1. The van der Waals surface area contributed by atoms with Crippen LogP contribution >= 0.6 is 23.5 Å². The molecule has 12 heteroatoms. The molecule has 0 unspecified atom stereocenters. The fraction of sp³-hybridized carbons (Fsp3) is 0.510. The number of thioether (sulfide) groups is 2. The maximum absolute atomic E-state index is 13.5. The first kappa shape index (κ1) is 47.4. The van der Waals surface area contributed by atoms with Gasteiger partial charge < -0.3 is 24.8 Å². The normalized spacial score (nSPS) is 18.9. The summed E-state index contributed by atoms with van der Waals surface area (Å²) in [5, 5.41) is 3.65. The molecular formula is C51H64F4N4O2S2. The second-order valence-electron chi connectivity index (χ2n) is 19.0. The second-order valence-corrected chi connectivity index (χ2v) is 21.4. The molecule has 6 nitrogen and oxygen atoms in total. The van der Waals surface area contributed by atoms with Gasteiger partial charge in [0, 0.05) is 44.2 Å². The van der Waals surface area contributed by atoms with Gasteiger partial charge in [0.25, 0.3) is 0 Å². The van der Waals surface area contributed by atoms with Gasteiger partial charge in [0.15, 0.2) is 0 Å². The summed E-state index contributed by atoms with van der Waals surface area (Å²) >= 11 is 3.67. The van der Waals surface area contributed by atoms with Gasteiger partial charge >= 0.3 is 6.09 Å². The van der Waals surface area contributed by atoms with E-state index in [1.165, 1.54) is 94.0 Å². The molecule has 0 atom stereocenters. The van der Waals surface area contributed by atoms with Crippen molar-refractivity contribution in [3.63, 3.8) is 0 Å². The third kappa shape index (κ3) is 13.5. The van der Waals surface area contributed by atoms with E-state index in [1.807, 2.05) is 97.7 Å². The summed E-state index contributed by atoms with van der Waals surface area (Å²) in [6.45, 7) is 16.1. The maximum Gasteiger partial charge on any atom is 0.410 e. The van der Waals surface area contributed by atoms with Gasteiger partial charge in [0.05, 0.1) is 10.5 Å². The van der Waals surface area contributed by atoms with E-state index in [1.54, 1.807) is 0 Å². The van der Waals surface area contributed by atoms with E-state index in [2.05, 4.69) is 15.1 Å². The van der Waals surface area contributed by atoms with Gasteiger partial charge in [0.2, 0.25) is 0 Å². The minimum atomic E-state index is -0.465. The molecule has 0 radical (unpaired) electrons. The molecule has 8 rings (SSSR count). The highest BCUT2D eigenvalue weighted by atomic mass is 32.2. The number of nitrogens with zero attached hydrogens (tertiary/aromatic N) is 3. The summed E-state index contributed by atoms with van der Waals surface area (Å²) < 4.78 is 59.2. The lowest BCUT2D eigenvalue weighted by atomic mass is 9.78. The molecule has 4 aliphatic heterocycles. The van der Waals surface area contributed by atoms with Crippen LogP contribution in [0.3, 0.4) is 0 Å². The zero-order valence-corrected chi connectivity index (χ0v) is 38.7. The molecule has 4 saturated heterocycles. The van der Waals surface area contributed by atoms with Gasteiger partial charge in [-0.3, -0.25) is 0 Å². The van der Waals surface area contributed by atoms with Gasteiger partial charge in [-0.1, -0.05) is 48.5 Å². The monoisotopic (exact) mass is 904 g/mol. The first-order valence-corrected chi connectivity index (χ1v) is 24.7. The second kappa shape index (κ2) is 21.6. The Morgan fingerprint density at radius 2 is 0.952 bits per heavy atom. The standard InChI is InChI=1S/C28H36F2N2O2S.C23H28F2N2S/c1-27(2,3)34-26(33)32-17-14-28(20-32)12-15-31(16-13-28)18-19-35-25(21-4-8-23(29)9-5-21)22-6-10-24(30)11-7-22;24-20-5-1-18(2-6-20)22(19-3-7-21(25)8-4-19)28-16-15-27-13-10-23(11-14-27)9-12-26-17-23/h4-11,25H,12-20H2,1-3H3;1-8,22,26H,9-17H2. The van der Waals surface area contributed by atoms with Crippen molar-refractivity contribution in [2.75, 3.05) is 77.0 Å². The van der Waals surface area contributed by atoms with Crippen LogP contribution in [0.25, 0.3) is 0 Å². The molecule has 340 valence electrons. The summed E-state index contributed by atoms with van der Waals surface area (Å²) in [7, 11) is 0. The average Bonchev–Trinajstić information content (AvgIpc) is 3.91. The topological polar surface area (TPSA) is 48.1 Å². The number of piperidine rings is 2. The molecular weight excluding hydrogens is 841 g/mol. The molecule has 0 saturated carbocycles. The van der Waals surface area contributed by atoms with Crippen LogP contribution < -0.4 is 5.32 Å². The Morgan fingerprint density at radius 3 is 1.30 bits per heavy atom. The number of rotatable bonds is 12. The quantitative estimate of drug-likeness (QED) is 0.142. The number of hydrogen-bond donors (Lipinski definition) is 1. The van der Waals surface area contributed by atoms with Crippen molar-refractivity contribution < 1.29 is 27.1 Å². The molecule has 4 fully saturated rings. The number of carbonyl (C=O) groups excluding carboxylic acids is 1. The minimum absolute atomic E-state index is 0.0320. The Bertz CT molecular complexity index is 1940. The van der Waals surface area contributed by atoms with Crippen LogP contribution in [-0.4, -0.2) is 103 Å². The van der Waals surface area contributed by atoms with Gasteiger partial charge in [-0.05, 0) is 174 Å². The van der Waals surface area contributed by atoms with E-state index in [0.717, 1.165) is 92.3 Å². The van der Waals surface area contributed by atoms with Crippen LogP contribution in [0.5, 0.6) is 0 Å². The molecule has 2 spiro atoms. The fourth-order valence-electron chi connectivity index (χ4n) is 9.47. The van der Waals surface area contributed by atoms with Crippen molar-refractivity contribution in [2.45, 2.75) is 75.4 Å². The highest BCUT2D eigenvalue weighted by molar-refractivity contribution is 8.00. The smallest absolute Gasteiger partial charge is 0.410 e. The maximum atomic E-state index is 13.5. The van der Waals surface area contributed by atoms with E-state index in [0.29, 0.717) is 5.41 Å². The fourth-order valence-corrected chi connectivity index (χ4v) is 12.1. The molecule has 1 N–H and O–H groups in total. The van der Waals surface area contributed by atoms with Crippen molar-refractivity contribution in [3.05, 3.63) is 143 Å². The first-order chi connectivity index (χ1) is 30.3. The van der Waals surface area contributed by atoms with Crippen molar-refractivity contribution in [2.24, 2.45) is 10.8 Å². The number of hydrogen-bond acceptors (Lipinski definition) is 7. The molecule has 63 heavy (non-hydrogen) atoms. The van der Waals surface area contributed by atoms with Gasteiger partial charge in [-0.2, -0.15) is 0 Å². The van der Waals surface area contributed by atoms with Gasteiger partial charge in [-0.25, -0.2) is 22.4 Å². The Hall–Kier alpha value is -3.55. The summed E-state index contributed by atoms with van der Waals surface area (Å²) in [4.78, 5) is 19.4. The Balaban J connectivity index is 0.000000193. The van der Waals surface area contributed by atoms with Crippen LogP contribution in [0.2, 0.25) is 0 Å². The van der Waals surface area contributed by atoms with Crippen molar-refractivity contribution >= 4 is 29.6 Å². The van der Waals surface area contributed by atoms with Gasteiger partial charge in [-0.15, -0.1) is 23.5 Å². The minimum Gasteiger partial charge on any atom is -0.444 e. The first-order valence-electron chi connectivity index (χ1n) is 22.6. The van der Waals surface area contributed by atoms with E-state index < -0.39 is 5.60 Å². The molecule has 4 aromatic carbocycles. The van der Waals surface area contributed by atoms with E-state index in [-0.39, 0.29) is 45.3 Å². The SMILES string of the molecule is CC(C)(C)OC(=O)N1CCC2(CCN(CCSC(c3ccc(F)cc3)c3ccc(F)cc3)CC2)C1.Fc1ccc(C(SCCN2CCC3(CCNC3)CC2)c2ccc(F)cc2)cc1. The molecule has 4 aromatic rings. The zero-order valence-electron chi connectivity index (χ0n) is 37.1. The number of amides is 1. The van der Waals surface area contributed by atoms with E-state index in [9.17, 15) is 22.4 Å². The molecule has 0 aliphatic carbocycles. The Labute approximate surface area is 380 Å². The third-order valence-electron chi connectivity index (χ3n) is 13.3. The highest BCUT2D eigenvalue weighted by Gasteiger charge is 2.43. The van der Waals surface area contributed by atoms with Crippen molar-refractivity contribution in [1.29, 1.82) is 0 Å².